The molecule has 0 radical (unpaired) electrons. The first-order chi connectivity index (χ1) is 20.2. The lowest BCUT2D eigenvalue weighted by Crippen LogP contribution is -2.21. The normalized spacial score (nSPS) is 16.4. The third-order valence-corrected chi connectivity index (χ3v) is 7.55. The van der Waals surface area contributed by atoms with E-state index in [2.05, 4.69) is 63.2 Å². The number of nitrogen functional groups attached to an aromatic ring is 1. The maximum atomic E-state index is 8.36. The molecule has 0 amide bonds. The Bertz CT molecular complexity index is 1550. The lowest BCUT2D eigenvalue weighted by Gasteiger charge is -2.28. The summed E-state index contributed by atoms with van der Waals surface area (Å²) in [6, 6.07) is 28.8. The number of rotatable bonds is 8. The summed E-state index contributed by atoms with van der Waals surface area (Å²) in [7, 11) is 0. The van der Waals surface area contributed by atoms with Crippen molar-refractivity contribution in [2.75, 3.05) is 17.6 Å². The summed E-state index contributed by atoms with van der Waals surface area (Å²) in [5.74, 6) is 3.44. The van der Waals surface area contributed by atoms with E-state index in [1.807, 2.05) is 42.6 Å². The molecular weight excluding hydrogens is 514 g/mol. The van der Waals surface area contributed by atoms with Gasteiger partial charge in [-0.1, -0.05) is 60.7 Å². The summed E-state index contributed by atoms with van der Waals surface area (Å²) < 4.78 is 8.25. The quantitative estimate of drug-likeness (QED) is 0.186. The van der Waals surface area contributed by atoms with Gasteiger partial charge in [0, 0.05) is 36.1 Å². The van der Waals surface area contributed by atoms with E-state index in [9.17, 15) is 0 Å². The minimum absolute atomic E-state index is 0.250. The number of anilines is 2. The number of hydrogen-bond acceptors (Lipinski definition) is 6. The second kappa shape index (κ2) is 13.5. The number of nitrogens with two attached hydrogens (primary N) is 1. The number of nitrogens with zero attached hydrogens (tertiary/aromatic N) is 3. The molecule has 1 fully saturated rings. The van der Waals surface area contributed by atoms with Crippen molar-refractivity contribution in [3.05, 3.63) is 109 Å². The van der Waals surface area contributed by atoms with Crippen LogP contribution in [0.15, 0.2) is 97.3 Å². The summed E-state index contributed by atoms with van der Waals surface area (Å²) in [6.07, 6.45) is 8.35. The fraction of sp³-hybridized carbons (Fsp3) is 0.242. The molecule has 0 spiro atoms. The molecule has 8 nitrogen and oxygen atoms in total. The van der Waals surface area contributed by atoms with Gasteiger partial charge in [-0.05, 0) is 61.4 Å². The number of para-hydroxylation sites is 1. The van der Waals surface area contributed by atoms with Crippen LogP contribution in [0.1, 0.15) is 43.0 Å². The first-order valence-electron chi connectivity index (χ1n) is 13.9. The Kier molecular flexibility index (Phi) is 9.11. The maximum Gasteiger partial charge on any atom is 0.290 e. The van der Waals surface area contributed by atoms with Crippen molar-refractivity contribution in [1.29, 1.82) is 0 Å². The van der Waals surface area contributed by atoms with E-state index in [4.69, 9.17) is 25.4 Å². The molecule has 210 valence electrons. The first kappa shape index (κ1) is 27.7. The Morgan fingerprint density at radius 3 is 2.41 bits per heavy atom. The van der Waals surface area contributed by atoms with Crippen molar-refractivity contribution >= 4 is 23.5 Å². The molecule has 3 aromatic carbocycles. The predicted octanol–water partition coefficient (Wildman–Crippen LogP) is 6.64. The van der Waals surface area contributed by atoms with Gasteiger partial charge in [0.05, 0.1) is 0 Å². The lowest BCUT2D eigenvalue weighted by atomic mass is 9.81. The van der Waals surface area contributed by atoms with Crippen molar-refractivity contribution in [3.63, 3.8) is 0 Å². The summed E-state index contributed by atoms with van der Waals surface area (Å²) >= 11 is 0. The number of benzene rings is 3. The lowest BCUT2D eigenvalue weighted by molar-refractivity contribution is -0.122. The molecule has 2 heterocycles. The van der Waals surface area contributed by atoms with Gasteiger partial charge in [0.15, 0.2) is 0 Å². The Hall–Kier alpha value is -4.85. The standard InChI is InChI=1S/C32H33N5O.CH2O2/c33-31-30-29(26-10-7-13-28(20-26)38-22-24-8-3-1-4-9-24)36-32(37(30)19-18-34-31)25-16-14-23(15-17-25)21-35-27-11-5-2-6-12-27;2-1-3/h1-13,18-20,23,25,35H,14-17,21-22H2,(H2,33,34);1H,(H,2,3). The average Bonchev–Trinajstić information content (AvgIpc) is 3.42. The molecule has 4 N–H and O–H groups in total. The fourth-order valence-electron chi connectivity index (χ4n) is 5.49. The fourth-order valence-corrected chi connectivity index (χ4v) is 5.49. The van der Waals surface area contributed by atoms with Gasteiger partial charge in [0.1, 0.15) is 35.2 Å². The molecule has 1 saturated carbocycles. The molecule has 1 aliphatic carbocycles. The van der Waals surface area contributed by atoms with E-state index in [0.717, 1.165) is 53.3 Å². The molecule has 0 saturated heterocycles. The van der Waals surface area contributed by atoms with Crippen LogP contribution >= 0.6 is 0 Å². The van der Waals surface area contributed by atoms with Gasteiger partial charge in [-0.15, -0.1) is 0 Å². The van der Waals surface area contributed by atoms with Crippen molar-refractivity contribution in [3.8, 4) is 17.0 Å². The highest BCUT2D eigenvalue weighted by Gasteiger charge is 2.27. The van der Waals surface area contributed by atoms with Crippen LogP contribution in [0.25, 0.3) is 16.8 Å². The first-order valence-corrected chi connectivity index (χ1v) is 13.9. The van der Waals surface area contributed by atoms with Gasteiger partial charge in [0.25, 0.3) is 6.47 Å². The Labute approximate surface area is 239 Å². The van der Waals surface area contributed by atoms with Gasteiger partial charge in [0.2, 0.25) is 0 Å². The van der Waals surface area contributed by atoms with Crippen molar-refractivity contribution in [2.45, 2.75) is 38.2 Å². The summed E-state index contributed by atoms with van der Waals surface area (Å²) in [4.78, 5) is 17.9. The second-order valence-electron chi connectivity index (χ2n) is 10.2. The molecule has 8 heteroatoms. The summed E-state index contributed by atoms with van der Waals surface area (Å²) in [5.41, 5.74) is 11.5. The largest absolute Gasteiger partial charge is 0.489 e. The van der Waals surface area contributed by atoms with Crippen LogP contribution in [0.4, 0.5) is 11.5 Å². The number of fused-ring (bicyclic) bond motifs is 1. The number of hydrogen-bond donors (Lipinski definition) is 3. The molecule has 6 rings (SSSR count). The van der Waals surface area contributed by atoms with Gasteiger partial charge < -0.3 is 20.9 Å². The highest BCUT2D eigenvalue weighted by atomic mass is 16.5. The van der Waals surface area contributed by atoms with E-state index in [-0.39, 0.29) is 6.47 Å². The van der Waals surface area contributed by atoms with E-state index in [1.54, 1.807) is 6.20 Å². The van der Waals surface area contributed by atoms with Gasteiger partial charge >= 0.3 is 0 Å². The highest BCUT2D eigenvalue weighted by Crippen LogP contribution is 2.39. The third-order valence-electron chi connectivity index (χ3n) is 7.55. The Morgan fingerprint density at radius 1 is 0.976 bits per heavy atom. The SMILES string of the molecule is Nc1nccn2c(C3CCC(CNc4ccccc4)CC3)nc(-c3cccc(OCc4ccccc4)c3)c12.O=CO. The molecule has 0 bridgehead atoms. The molecule has 0 atom stereocenters. The van der Waals surface area contributed by atoms with E-state index in [1.165, 1.54) is 18.5 Å². The van der Waals surface area contributed by atoms with Gasteiger partial charge in [-0.25, -0.2) is 9.97 Å². The monoisotopic (exact) mass is 549 g/mol. The highest BCUT2D eigenvalue weighted by molar-refractivity contribution is 5.85. The van der Waals surface area contributed by atoms with Crippen LogP contribution in [0.3, 0.4) is 0 Å². The number of ether oxygens (including phenoxy) is 1. The van der Waals surface area contributed by atoms with Crippen LogP contribution in [-0.2, 0) is 11.4 Å². The molecule has 5 aromatic rings. The molecule has 0 aliphatic heterocycles. The van der Waals surface area contributed by atoms with Crippen LogP contribution in [-0.4, -0.2) is 32.5 Å². The minimum atomic E-state index is -0.250. The smallest absolute Gasteiger partial charge is 0.290 e. The zero-order chi connectivity index (χ0) is 28.4. The van der Waals surface area contributed by atoms with Crippen LogP contribution in [0.2, 0.25) is 0 Å². The minimum Gasteiger partial charge on any atom is -0.489 e. The molecular formula is C33H35N5O3. The number of imidazole rings is 1. The molecule has 1 aliphatic rings. The zero-order valence-corrected chi connectivity index (χ0v) is 22.9. The Morgan fingerprint density at radius 2 is 1.68 bits per heavy atom. The van der Waals surface area contributed by atoms with Crippen LogP contribution < -0.4 is 15.8 Å². The van der Waals surface area contributed by atoms with Gasteiger partial charge in [-0.3, -0.25) is 9.20 Å². The van der Waals surface area contributed by atoms with E-state index >= 15 is 0 Å². The van der Waals surface area contributed by atoms with E-state index < -0.39 is 0 Å². The zero-order valence-electron chi connectivity index (χ0n) is 22.9. The predicted molar refractivity (Wildman–Crippen MR) is 162 cm³/mol. The van der Waals surface area contributed by atoms with Crippen LogP contribution in [0.5, 0.6) is 5.75 Å². The molecule has 2 aromatic heterocycles. The number of nitrogens with one attached hydrogen (secondary N) is 1. The third kappa shape index (κ3) is 6.84. The van der Waals surface area contributed by atoms with Crippen molar-refractivity contribution < 1.29 is 14.6 Å². The average molecular weight is 550 g/mol. The van der Waals surface area contributed by atoms with E-state index in [0.29, 0.717) is 24.3 Å². The summed E-state index contributed by atoms with van der Waals surface area (Å²) in [5, 5.41) is 10.5. The number of aromatic nitrogens is 3. The molecule has 41 heavy (non-hydrogen) atoms. The van der Waals surface area contributed by atoms with Crippen molar-refractivity contribution in [2.24, 2.45) is 5.92 Å². The summed E-state index contributed by atoms with van der Waals surface area (Å²) in [6.45, 7) is 1.28. The van der Waals surface area contributed by atoms with Crippen LogP contribution in [0, 0.1) is 5.92 Å². The maximum absolute atomic E-state index is 8.36. The topological polar surface area (TPSA) is 115 Å². The molecule has 0 unspecified atom stereocenters. The van der Waals surface area contributed by atoms with Gasteiger partial charge in [-0.2, -0.15) is 0 Å². The second-order valence-corrected chi connectivity index (χ2v) is 10.2. The van der Waals surface area contributed by atoms with Crippen molar-refractivity contribution in [1.82, 2.24) is 14.4 Å². The Balaban J connectivity index is 0.00000108. The number of carboxylic acid groups (broad SMARTS) is 1. The number of carbonyl (C=O) groups is 1.